The molecule has 162 valence electrons. The maximum Gasteiger partial charge on any atom is 0.223 e. The van der Waals surface area contributed by atoms with Gasteiger partial charge in [0.2, 0.25) is 5.95 Å². The molecule has 0 aliphatic carbocycles. The van der Waals surface area contributed by atoms with Crippen LogP contribution in [-0.4, -0.2) is 66.2 Å². The van der Waals surface area contributed by atoms with Gasteiger partial charge in [-0.15, -0.1) is 0 Å². The standard InChI is InChI=1S/C21H30ClN7O/c1-13-10-25-16(14(2)18(13)30-3)12-29-11-15(4-7-28-8-5-24-6-9-28)17-19(22)26-21(23)27-20(17)29/h10,15,24H,4-9,11-12H2,1-3H3,(H2,23,26,27). The Bertz CT molecular complexity index is 917. The molecule has 4 rings (SSSR count). The van der Waals surface area contributed by atoms with Crippen LogP contribution in [0.15, 0.2) is 6.20 Å². The molecular formula is C21H30ClN7O. The summed E-state index contributed by atoms with van der Waals surface area (Å²) in [6.07, 6.45) is 2.88. The van der Waals surface area contributed by atoms with Gasteiger partial charge in [-0.05, 0) is 26.8 Å². The molecule has 0 spiro atoms. The second kappa shape index (κ2) is 8.91. The van der Waals surface area contributed by atoms with Crippen molar-refractivity contribution in [1.29, 1.82) is 0 Å². The smallest absolute Gasteiger partial charge is 0.223 e. The van der Waals surface area contributed by atoms with Gasteiger partial charge in [-0.2, -0.15) is 4.98 Å². The summed E-state index contributed by atoms with van der Waals surface area (Å²) in [6, 6.07) is 0. The third-order valence-corrected chi connectivity index (χ3v) is 6.43. The lowest BCUT2D eigenvalue weighted by molar-refractivity contribution is 0.233. The van der Waals surface area contributed by atoms with Crippen LogP contribution in [-0.2, 0) is 6.54 Å². The van der Waals surface area contributed by atoms with Crippen molar-refractivity contribution in [3.05, 3.63) is 33.7 Å². The number of nitrogens with one attached hydrogen (secondary N) is 1. The van der Waals surface area contributed by atoms with Gasteiger partial charge in [-0.3, -0.25) is 4.98 Å². The molecule has 2 aliphatic heterocycles. The van der Waals surface area contributed by atoms with Crippen LogP contribution in [0.2, 0.25) is 5.15 Å². The van der Waals surface area contributed by atoms with Crippen LogP contribution in [0.3, 0.4) is 0 Å². The van der Waals surface area contributed by atoms with Crippen molar-refractivity contribution in [3.8, 4) is 5.75 Å². The maximum atomic E-state index is 6.54. The number of halogens is 1. The molecule has 0 amide bonds. The normalized spacial score (nSPS) is 19.2. The number of nitrogen functional groups attached to an aromatic ring is 1. The molecule has 9 heteroatoms. The fourth-order valence-electron chi connectivity index (χ4n) is 4.54. The predicted octanol–water partition coefficient (Wildman–Crippen LogP) is 2.13. The number of piperazine rings is 1. The predicted molar refractivity (Wildman–Crippen MR) is 119 cm³/mol. The first-order valence-electron chi connectivity index (χ1n) is 10.5. The minimum absolute atomic E-state index is 0.206. The fourth-order valence-corrected chi connectivity index (χ4v) is 4.87. The van der Waals surface area contributed by atoms with E-state index in [0.29, 0.717) is 11.7 Å². The van der Waals surface area contributed by atoms with E-state index >= 15 is 0 Å². The average molecular weight is 432 g/mol. The third-order valence-electron chi connectivity index (χ3n) is 6.14. The van der Waals surface area contributed by atoms with E-state index in [9.17, 15) is 0 Å². The van der Waals surface area contributed by atoms with Crippen LogP contribution < -0.4 is 20.7 Å². The zero-order chi connectivity index (χ0) is 21.3. The molecule has 1 saturated heterocycles. The third kappa shape index (κ3) is 4.17. The van der Waals surface area contributed by atoms with Crippen molar-refractivity contribution < 1.29 is 4.74 Å². The van der Waals surface area contributed by atoms with Gasteiger partial charge < -0.3 is 25.6 Å². The van der Waals surface area contributed by atoms with E-state index in [1.54, 1.807) is 7.11 Å². The van der Waals surface area contributed by atoms with Gasteiger partial charge in [0.1, 0.15) is 16.7 Å². The van der Waals surface area contributed by atoms with E-state index in [1.165, 1.54) is 0 Å². The summed E-state index contributed by atoms with van der Waals surface area (Å²) in [5, 5.41) is 3.87. The lowest BCUT2D eigenvalue weighted by Gasteiger charge is -2.28. The number of nitrogens with two attached hydrogens (primary N) is 1. The summed E-state index contributed by atoms with van der Waals surface area (Å²) in [6.45, 7) is 10.8. The Balaban J connectivity index is 1.58. The summed E-state index contributed by atoms with van der Waals surface area (Å²) in [7, 11) is 1.70. The van der Waals surface area contributed by atoms with E-state index in [1.807, 2.05) is 20.0 Å². The van der Waals surface area contributed by atoms with Gasteiger partial charge in [0.25, 0.3) is 0 Å². The van der Waals surface area contributed by atoms with Gasteiger partial charge in [-0.25, -0.2) is 4.98 Å². The van der Waals surface area contributed by atoms with Crippen LogP contribution in [0.1, 0.15) is 34.7 Å². The molecule has 0 aromatic carbocycles. The monoisotopic (exact) mass is 431 g/mol. The molecule has 0 saturated carbocycles. The lowest BCUT2D eigenvalue weighted by Crippen LogP contribution is -2.44. The van der Waals surface area contributed by atoms with Crippen LogP contribution in [0.25, 0.3) is 0 Å². The highest BCUT2D eigenvalue weighted by molar-refractivity contribution is 6.30. The van der Waals surface area contributed by atoms with Crippen molar-refractivity contribution in [3.63, 3.8) is 0 Å². The zero-order valence-electron chi connectivity index (χ0n) is 17.9. The van der Waals surface area contributed by atoms with Crippen molar-refractivity contribution in [2.75, 3.05) is 57.0 Å². The van der Waals surface area contributed by atoms with Crippen molar-refractivity contribution in [1.82, 2.24) is 25.2 Å². The number of aromatic nitrogens is 3. The average Bonchev–Trinajstić information content (AvgIpc) is 3.07. The number of hydrogen-bond acceptors (Lipinski definition) is 8. The van der Waals surface area contributed by atoms with Gasteiger partial charge in [-0.1, -0.05) is 11.6 Å². The lowest BCUT2D eigenvalue weighted by atomic mass is 10.00. The Kier molecular flexibility index (Phi) is 6.26. The molecule has 2 aromatic heterocycles. The van der Waals surface area contributed by atoms with E-state index in [-0.39, 0.29) is 11.9 Å². The van der Waals surface area contributed by atoms with Crippen molar-refractivity contribution in [2.24, 2.45) is 0 Å². The number of fused-ring (bicyclic) bond motifs is 1. The fraction of sp³-hybridized carbons (Fsp3) is 0.571. The van der Waals surface area contributed by atoms with Crippen LogP contribution >= 0.6 is 11.6 Å². The van der Waals surface area contributed by atoms with Gasteiger partial charge in [0.15, 0.2) is 0 Å². The number of hydrogen-bond donors (Lipinski definition) is 2. The maximum absolute atomic E-state index is 6.54. The number of pyridine rings is 1. The van der Waals surface area contributed by atoms with Crippen molar-refractivity contribution >= 4 is 23.4 Å². The number of methoxy groups -OCH3 is 1. The molecule has 2 aromatic rings. The molecule has 1 atom stereocenters. The van der Waals surface area contributed by atoms with E-state index < -0.39 is 0 Å². The largest absolute Gasteiger partial charge is 0.496 e. The first-order valence-corrected chi connectivity index (χ1v) is 10.9. The zero-order valence-corrected chi connectivity index (χ0v) is 18.7. The summed E-state index contributed by atoms with van der Waals surface area (Å²) in [5.41, 5.74) is 10.0. The molecule has 0 radical (unpaired) electrons. The Morgan fingerprint density at radius 3 is 2.77 bits per heavy atom. The minimum Gasteiger partial charge on any atom is -0.496 e. The Morgan fingerprint density at radius 1 is 1.27 bits per heavy atom. The Labute approximate surface area is 182 Å². The van der Waals surface area contributed by atoms with Crippen molar-refractivity contribution in [2.45, 2.75) is 32.7 Å². The van der Waals surface area contributed by atoms with Crippen LogP contribution in [0.5, 0.6) is 5.75 Å². The molecule has 3 N–H and O–H groups in total. The molecule has 0 bridgehead atoms. The number of aryl methyl sites for hydroxylation is 1. The first-order chi connectivity index (χ1) is 14.5. The topological polar surface area (TPSA) is 92.4 Å². The molecule has 30 heavy (non-hydrogen) atoms. The molecular weight excluding hydrogens is 402 g/mol. The van der Waals surface area contributed by atoms with Crippen LogP contribution in [0, 0.1) is 13.8 Å². The summed E-state index contributed by atoms with van der Waals surface area (Å²) >= 11 is 6.54. The van der Waals surface area contributed by atoms with E-state index in [4.69, 9.17) is 22.1 Å². The second-order valence-corrected chi connectivity index (χ2v) is 8.47. The highest BCUT2D eigenvalue weighted by atomic mass is 35.5. The Hall–Kier alpha value is -2.16. The number of anilines is 2. The summed E-state index contributed by atoms with van der Waals surface area (Å²) in [4.78, 5) is 18.2. The van der Waals surface area contributed by atoms with E-state index in [0.717, 1.165) is 79.6 Å². The minimum atomic E-state index is 0.206. The molecule has 4 heterocycles. The molecule has 8 nitrogen and oxygen atoms in total. The molecule has 1 fully saturated rings. The molecule has 2 aliphatic rings. The highest BCUT2D eigenvalue weighted by Gasteiger charge is 2.34. The number of rotatable bonds is 6. The summed E-state index contributed by atoms with van der Waals surface area (Å²) < 4.78 is 5.58. The van der Waals surface area contributed by atoms with Gasteiger partial charge >= 0.3 is 0 Å². The highest BCUT2D eigenvalue weighted by Crippen LogP contribution is 2.42. The quantitative estimate of drug-likeness (QED) is 0.672. The summed E-state index contributed by atoms with van der Waals surface area (Å²) in [5.74, 6) is 2.20. The Morgan fingerprint density at radius 2 is 2.03 bits per heavy atom. The second-order valence-electron chi connectivity index (χ2n) is 8.11. The first kappa shape index (κ1) is 21.1. The number of nitrogens with zero attached hydrogens (tertiary/aromatic N) is 5. The van der Waals surface area contributed by atoms with Gasteiger partial charge in [0.05, 0.1) is 19.3 Å². The van der Waals surface area contributed by atoms with E-state index in [2.05, 4.69) is 30.1 Å². The number of ether oxygens (including phenoxy) is 1. The molecule has 1 unspecified atom stereocenters. The van der Waals surface area contributed by atoms with Crippen LogP contribution in [0.4, 0.5) is 11.8 Å². The van der Waals surface area contributed by atoms with Gasteiger partial charge in [0, 0.05) is 61.5 Å². The SMILES string of the molecule is COc1c(C)cnc(CN2CC(CCN3CCNCC3)c3c(Cl)nc(N)nc32)c1C.